The first-order valence-corrected chi connectivity index (χ1v) is 5.39. The molecule has 0 aliphatic carbocycles. The highest BCUT2D eigenvalue weighted by Gasteiger charge is 2.24. The average molecular weight is 221 g/mol. The van der Waals surface area contributed by atoms with Gasteiger partial charge >= 0.3 is 0 Å². The molecule has 2 rings (SSSR count). The van der Waals surface area contributed by atoms with Crippen molar-refractivity contribution in [1.29, 1.82) is 0 Å². The van der Waals surface area contributed by atoms with E-state index in [1.165, 1.54) is 0 Å². The fraction of sp³-hybridized carbons (Fsp3) is 0.417. The van der Waals surface area contributed by atoms with E-state index in [2.05, 4.69) is 0 Å². The molecule has 1 aliphatic heterocycles. The quantitative estimate of drug-likeness (QED) is 0.765. The van der Waals surface area contributed by atoms with Crippen LogP contribution in [0.2, 0.25) is 0 Å². The second kappa shape index (κ2) is 4.53. The SMILES string of the molecule is O=C(Cc1cccc(O)c1)N1CC[C@@H](O)C1. The largest absolute Gasteiger partial charge is 0.508 e. The number of amides is 1. The molecule has 0 unspecified atom stereocenters. The molecule has 0 radical (unpaired) electrons. The standard InChI is InChI=1S/C12H15NO3/c14-10-3-1-2-9(6-10)7-12(16)13-5-4-11(15)8-13/h1-3,6,11,14-15H,4-5,7-8H2/t11-/m1/s1. The number of carbonyl (C=O) groups is 1. The van der Waals surface area contributed by atoms with Crippen molar-refractivity contribution in [3.05, 3.63) is 29.8 Å². The van der Waals surface area contributed by atoms with Gasteiger partial charge in [0.05, 0.1) is 12.5 Å². The van der Waals surface area contributed by atoms with Gasteiger partial charge in [0.25, 0.3) is 0 Å². The molecule has 1 amide bonds. The summed E-state index contributed by atoms with van der Waals surface area (Å²) in [5.74, 6) is 0.175. The maximum absolute atomic E-state index is 11.8. The van der Waals surface area contributed by atoms with Crippen LogP contribution in [0.25, 0.3) is 0 Å². The Morgan fingerprint density at radius 2 is 2.31 bits per heavy atom. The van der Waals surface area contributed by atoms with Crippen molar-refractivity contribution in [3.8, 4) is 5.75 Å². The Morgan fingerprint density at radius 1 is 1.50 bits per heavy atom. The molecule has 4 nitrogen and oxygen atoms in total. The molecule has 2 N–H and O–H groups in total. The zero-order valence-electron chi connectivity index (χ0n) is 8.97. The Hall–Kier alpha value is -1.55. The van der Waals surface area contributed by atoms with Gasteiger partial charge in [0.15, 0.2) is 0 Å². The first-order chi connectivity index (χ1) is 7.65. The maximum Gasteiger partial charge on any atom is 0.227 e. The van der Waals surface area contributed by atoms with Crippen molar-refractivity contribution in [2.45, 2.75) is 18.9 Å². The third-order valence-electron chi connectivity index (χ3n) is 2.78. The van der Waals surface area contributed by atoms with Crippen LogP contribution in [0.5, 0.6) is 5.75 Å². The molecule has 1 aromatic rings. The van der Waals surface area contributed by atoms with Crippen LogP contribution in [0.1, 0.15) is 12.0 Å². The summed E-state index contributed by atoms with van der Waals surface area (Å²) < 4.78 is 0. The van der Waals surface area contributed by atoms with E-state index in [0.717, 1.165) is 5.56 Å². The highest BCUT2D eigenvalue weighted by atomic mass is 16.3. The maximum atomic E-state index is 11.8. The van der Waals surface area contributed by atoms with Crippen LogP contribution < -0.4 is 0 Å². The fourth-order valence-corrected chi connectivity index (χ4v) is 1.92. The second-order valence-corrected chi connectivity index (χ2v) is 4.13. The summed E-state index contributed by atoms with van der Waals surface area (Å²) in [6.45, 7) is 1.05. The number of likely N-dealkylation sites (tertiary alicyclic amines) is 1. The number of aliphatic hydroxyl groups is 1. The van der Waals surface area contributed by atoms with Crippen LogP contribution in [-0.2, 0) is 11.2 Å². The summed E-state index contributed by atoms with van der Waals surface area (Å²) >= 11 is 0. The number of hydrogen-bond acceptors (Lipinski definition) is 3. The van der Waals surface area contributed by atoms with Gasteiger partial charge in [-0.1, -0.05) is 12.1 Å². The van der Waals surface area contributed by atoms with E-state index >= 15 is 0 Å². The molecule has 16 heavy (non-hydrogen) atoms. The minimum absolute atomic E-state index is 0.00199. The fourth-order valence-electron chi connectivity index (χ4n) is 1.92. The predicted octanol–water partition coefficient (Wildman–Crippen LogP) is 0.528. The topological polar surface area (TPSA) is 60.8 Å². The van der Waals surface area contributed by atoms with Crippen LogP contribution in [0.15, 0.2) is 24.3 Å². The van der Waals surface area contributed by atoms with E-state index < -0.39 is 0 Å². The van der Waals surface area contributed by atoms with E-state index in [0.29, 0.717) is 19.5 Å². The molecule has 0 aromatic heterocycles. The summed E-state index contributed by atoms with van der Waals surface area (Å²) in [4.78, 5) is 13.5. The molecule has 1 aromatic carbocycles. The Labute approximate surface area is 94.1 Å². The van der Waals surface area contributed by atoms with Gasteiger partial charge in [0.2, 0.25) is 5.91 Å². The third-order valence-corrected chi connectivity index (χ3v) is 2.78. The number of carbonyl (C=O) groups excluding carboxylic acids is 1. The highest BCUT2D eigenvalue weighted by molar-refractivity contribution is 5.79. The Morgan fingerprint density at radius 3 is 2.94 bits per heavy atom. The lowest BCUT2D eigenvalue weighted by atomic mass is 10.1. The van der Waals surface area contributed by atoms with E-state index in [9.17, 15) is 15.0 Å². The van der Waals surface area contributed by atoms with Gasteiger partial charge in [-0.05, 0) is 24.1 Å². The van der Waals surface area contributed by atoms with Gasteiger partial charge in [0, 0.05) is 13.1 Å². The number of aromatic hydroxyl groups is 1. The molecule has 4 heteroatoms. The predicted molar refractivity (Wildman–Crippen MR) is 59.0 cm³/mol. The summed E-state index contributed by atoms with van der Waals surface area (Å²) in [7, 11) is 0. The zero-order chi connectivity index (χ0) is 11.5. The van der Waals surface area contributed by atoms with Crippen molar-refractivity contribution in [3.63, 3.8) is 0 Å². The van der Waals surface area contributed by atoms with Crippen molar-refractivity contribution in [2.75, 3.05) is 13.1 Å². The number of rotatable bonds is 2. The number of phenols is 1. The van der Waals surface area contributed by atoms with Gasteiger partial charge in [0.1, 0.15) is 5.75 Å². The zero-order valence-corrected chi connectivity index (χ0v) is 8.97. The molecule has 1 saturated heterocycles. The molecule has 1 heterocycles. The van der Waals surface area contributed by atoms with Crippen molar-refractivity contribution >= 4 is 5.91 Å². The van der Waals surface area contributed by atoms with E-state index in [1.807, 2.05) is 6.07 Å². The molecular weight excluding hydrogens is 206 g/mol. The molecule has 1 aliphatic rings. The first-order valence-electron chi connectivity index (χ1n) is 5.39. The number of nitrogens with zero attached hydrogens (tertiary/aromatic N) is 1. The number of β-amino-alcohol motifs (C(OH)–C–C–N with tert-alkyl or cyclic N) is 1. The highest BCUT2D eigenvalue weighted by Crippen LogP contribution is 2.14. The summed E-state index contributed by atoms with van der Waals surface area (Å²) in [6, 6.07) is 6.69. The minimum atomic E-state index is -0.381. The molecule has 0 saturated carbocycles. The summed E-state index contributed by atoms with van der Waals surface area (Å²) in [6.07, 6.45) is 0.556. The molecular formula is C12H15NO3. The molecule has 1 atom stereocenters. The first kappa shape index (κ1) is 11.0. The smallest absolute Gasteiger partial charge is 0.227 e. The number of phenolic OH excluding ortho intramolecular Hbond substituents is 1. The van der Waals surface area contributed by atoms with E-state index in [4.69, 9.17) is 0 Å². The molecule has 1 fully saturated rings. The monoisotopic (exact) mass is 221 g/mol. The van der Waals surface area contributed by atoms with Crippen LogP contribution >= 0.6 is 0 Å². The van der Waals surface area contributed by atoms with E-state index in [-0.39, 0.29) is 24.2 Å². The summed E-state index contributed by atoms with van der Waals surface area (Å²) in [5, 5.41) is 18.6. The van der Waals surface area contributed by atoms with E-state index in [1.54, 1.807) is 23.1 Å². The normalized spacial score (nSPS) is 20.1. The molecule has 0 bridgehead atoms. The van der Waals surface area contributed by atoms with Crippen LogP contribution in [-0.4, -0.2) is 40.2 Å². The number of aliphatic hydroxyl groups excluding tert-OH is 1. The van der Waals surface area contributed by atoms with Gasteiger partial charge < -0.3 is 15.1 Å². The lowest BCUT2D eigenvalue weighted by Crippen LogP contribution is -2.30. The number of benzene rings is 1. The Balaban J connectivity index is 1.97. The Bertz CT molecular complexity index is 392. The van der Waals surface area contributed by atoms with Crippen LogP contribution in [0.3, 0.4) is 0 Å². The van der Waals surface area contributed by atoms with Crippen LogP contribution in [0, 0.1) is 0 Å². The average Bonchev–Trinajstić information content (AvgIpc) is 2.65. The lowest BCUT2D eigenvalue weighted by Gasteiger charge is -2.15. The number of hydrogen-bond donors (Lipinski definition) is 2. The van der Waals surface area contributed by atoms with Crippen molar-refractivity contribution in [1.82, 2.24) is 4.90 Å². The summed E-state index contributed by atoms with van der Waals surface area (Å²) in [5.41, 5.74) is 0.798. The van der Waals surface area contributed by atoms with Gasteiger partial charge in [-0.2, -0.15) is 0 Å². The van der Waals surface area contributed by atoms with Gasteiger partial charge in [-0.15, -0.1) is 0 Å². The van der Waals surface area contributed by atoms with Crippen molar-refractivity contribution < 1.29 is 15.0 Å². The van der Waals surface area contributed by atoms with Gasteiger partial charge in [-0.3, -0.25) is 4.79 Å². The van der Waals surface area contributed by atoms with Gasteiger partial charge in [-0.25, -0.2) is 0 Å². The molecule has 0 spiro atoms. The molecule has 86 valence electrons. The minimum Gasteiger partial charge on any atom is -0.508 e. The third kappa shape index (κ3) is 2.52. The lowest BCUT2D eigenvalue weighted by molar-refractivity contribution is -0.129. The van der Waals surface area contributed by atoms with Crippen molar-refractivity contribution in [2.24, 2.45) is 0 Å². The Kier molecular flexibility index (Phi) is 3.10. The second-order valence-electron chi connectivity index (χ2n) is 4.13. The van der Waals surface area contributed by atoms with Crippen LogP contribution in [0.4, 0.5) is 0 Å².